The Labute approximate surface area is 207 Å². The van der Waals surface area contributed by atoms with Crippen LogP contribution in [0.1, 0.15) is 29.7 Å². The van der Waals surface area contributed by atoms with Gasteiger partial charge in [0.15, 0.2) is 0 Å². The van der Waals surface area contributed by atoms with Gasteiger partial charge in [0.1, 0.15) is 11.5 Å². The molecule has 1 aliphatic heterocycles. The summed E-state index contributed by atoms with van der Waals surface area (Å²) in [5.41, 5.74) is 2.51. The second kappa shape index (κ2) is 9.64. The maximum atomic E-state index is 13.3. The highest BCUT2D eigenvalue weighted by atomic mass is 35.5. The van der Waals surface area contributed by atoms with E-state index >= 15 is 0 Å². The molecule has 0 spiro atoms. The van der Waals surface area contributed by atoms with Gasteiger partial charge in [-0.3, -0.25) is 19.3 Å². The SMILES string of the molecule is COc1c(Cl)cc(C)cc1/C(O)=C1\C(=O)C(=O)N(c2ccc(NC(C)=O)cc2)C1c1ccccc1. The number of benzene rings is 3. The number of aliphatic hydroxyl groups is 1. The maximum Gasteiger partial charge on any atom is 0.300 e. The Morgan fingerprint density at radius 2 is 1.71 bits per heavy atom. The molecular formula is C27H23ClN2O5. The summed E-state index contributed by atoms with van der Waals surface area (Å²) in [5, 5.41) is 14.3. The third kappa shape index (κ3) is 4.50. The van der Waals surface area contributed by atoms with Gasteiger partial charge in [-0.25, -0.2) is 0 Å². The number of aryl methyl sites for hydroxylation is 1. The number of aliphatic hydroxyl groups excluding tert-OH is 1. The number of carbonyl (C=O) groups excluding carboxylic acids is 3. The van der Waals surface area contributed by atoms with Crippen LogP contribution in [-0.2, 0) is 14.4 Å². The van der Waals surface area contributed by atoms with Gasteiger partial charge in [0, 0.05) is 18.3 Å². The van der Waals surface area contributed by atoms with Gasteiger partial charge in [-0.1, -0.05) is 41.9 Å². The van der Waals surface area contributed by atoms with Crippen molar-refractivity contribution in [1.29, 1.82) is 0 Å². The molecule has 0 aliphatic carbocycles. The molecule has 3 aromatic carbocycles. The molecule has 178 valence electrons. The number of amides is 2. The highest BCUT2D eigenvalue weighted by Gasteiger charge is 2.47. The molecular weight excluding hydrogens is 468 g/mol. The lowest BCUT2D eigenvalue weighted by Gasteiger charge is -2.26. The molecule has 7 nitrogen and oxygen atoms in total. The number of nitrogens with zero attached hydrogens (tertiary/aromatic N) is 1. The van der Waals surface area contributed by atoms with Gasteiger partial charge in [0.2, 0.25) is 5.91 Å². The van der Waals surface area contributed by atoms with Gasteiger partial charge in [-0.05, 0) is 54.4 Å². The van der Waals surface area contributed by atoms with Gasteiger partial charge >= 0.3 is 0 Å². The predicted octanol–water partition coefficient (Wildman–Crippen LogP) is 5.24. The summed E-state index contributed by atoms with van der Waals surface area (Å²) in [6.07, 6.45) is 0. The Kier molecular flexibility index (Phi) is 6.62. The van der Waals surface area contributed by atoms with E-state index in [1.54, 1.807) is 67.6 Å². The molecule has 1 saturated heterocycles. The lowest BCUT2D eigenvalue weighted by atomic mass is 9.94. The van der Waals surface area contributed by atoms with Crippen LogP contribution in [0.25, 0.3) is 5.76 Å². The molecule has 1 unspecified atom stereocenters. The third-order valence-corrected chi connectivity index (χ3v) is 5.95. The summed E-state index contributed by atoms with van der Waals surface area (Å²) in [5.74, 6) is -2.02. The van der Waals surface area contributed by atoms with E-state index in [2.05, 4.69) is 5.32 Å². The number of rotatable bonds is 5. The summed E-state index contributed by atoms with van der Waals surface area (Å²) in [7, 11) is 1.41. The van der Waals surface area contributed by atoms with E-state index in [9.17, 15) is 19.5 Å². The van der Waals surface area contributed by atoms with Crippen molar-refractivity contribution in [3.05, 3.63) is 94.0 Å². The van der Waals surface area contributed by atoms with Gasteiger partial charge < -0.3 is 15.2 Å². The standard InChI is InChI=1S/C27H23ClN2O5/c1-15-13-20(26(35-3)21(28)14-15)24(32)22-23(17-7-5-4-6-8-17)30(27(34)25(22)33)19-11-9-18(10-12-19)29-16(2)31/h4-14,23,32H,1-3H3,(H,29,31)/b24-22+. The number of ketones is 1. The molecule has 1 aliphatic rings. The van der Waals surface area contributed by atoms with Crippen molar-refractivity contribution in [2.45, 2.75) is 19.9 Å². The van der Waals surface area contributed by atoms with Crippen LogP contribution in [0.4, 0.5) is 11.4 Å². The van der Waals surface area contributed by atoms with Crippen LogP contribution >= 0.6 is 11.6 Å². The number of carbonyl (C=O) groups is 3. The molecule has 1 heterocycles. The zero-order chi connectivity index (χ0) is 25.3. The number of halogens is 1. The van der Waals surface area contributed by atoms with Gasteiger partial charge in [-0.15, -0.1) is 0 Å². The number of Topliss-reactive ketones (excluding diaryl/α,β-unsaturated/α-hetero) is 1. The first kappa shape index (κ1) is 24.0. The molecule has 0 aromatic heterocycles. The molecule has 35 heavy (non-hydrogen) atoms. The molecule has 8 heteroatoms. The smallest absolute Gasteiger partial charge is 0.300 e. The first-order chi connectivity index (χ1) is 16.7. The number of nitrogens with one attached hydrogen (secondary N) is 1. The maximum absolute atomic E-state index is 13.3. The molecule has 1 fully saturated rings. The van der Waals surface area contributed by atoms with Crippen molar-refractivity contribution < 1.29 is 24.2 Å². The van der Waals surface area contributed by atoms with Crippen LogP contribution in [0.5, 0.6) is 5.75 Å². The third-order valence-electron chi connectivity index (χ3n) is 5.67. The Bertz CT molecular complexity index is 1350. The van der Waals surface area contributed by atoms with E-state index in [0.717, 1.165) is 5.56 Å². The first-order valence-electron chi connectivity index (χ1n) is 10.8. The average Bonchev–Trinajstić information content (AvgIpc) is 3.09. The number of hydrogen-bond donors (Lipinski definition) is 2. The summed E-state index contributed by atoms with van der Waals surface area (Å²) in [6.45, 7) is 3.19. The minimum Gasteiger partial charge on any atom is -0.507 e. The molecule has 4 rings (SSSR count). The summed E-state index contributed by atoms with van der Waals surface area (Å²) in [4.78, 5) is 39.3. The van der Waals surface area contributed by atoms with Crippen LogP contribution in [0.15, 0.2) is 72.3 Å². The second-order valence-corrected chi connectivity index (χ2v) is 8.54. The fraction of sp³-hybridized carbons (Fsp3) is 0.148. The van der Waals surface area contributed by atoms with Crippen molar-refractivity contribution in [1.82, 2.24) is 0 Å². The molecule has 2 N–H and O–H groups in total. The van der Waals surface area contributed by atoms with E-state index in [0.29, 0.717) is 16.9 Å². The summed E-state index contributed by atoms with van der Waals surface area (Å²) >= 11 is 6.33. The topological polar surface area (TPSA) is 95.9 Å². The summed E-state index contributed by atoms with van der Waals surface area (Å²) < 4.78 is 5.40. The lowest BCUT2D eigenvalue weighted by molar-refractivity contribution is -0.132. The van der Waals surface area contributed by atoms with Crippen LogP contribution in [0.3, 0.4) is 0 Å². The van der Waals surface area contributed by atoms with Crippen LogP contribution in [0.2, 0.25) is 5.02 Å². The van der Waals surface area contributed by atoms with Gasteiger partial charge in [0.05, 0.1) is 29.3 Å². The van der Waals surface area contributed by atoms with Crippen LogP contribution in [0, 0.1) is 6.92 Å². The van der Waals surface area contributed by atoms with Crippen molar-refractivity contribution in [3.63, 3.8) is 0 Å². The van der Waals surface area contributed by atoms with Crippen molar-refractivity contribution in [2.24, 2.45) is 0 Å². The monoisotopic (exact) mass is 490 g/mol. The normalized spacial score (nSPS) is 16.9. The zero-order valence-corrected chi connectivity index (χ0v) is 20.1. The van der Waals surface area contributed by atoms with Crippen molar-refractivity contribution in [2.75, 3.05) is 17.3 Å². The quantitative estimate of drug-likeness (QED) is 0.289. The van der Waals surface area contributed by atoms with Crippen LogP contribution in [-0.4, -0.2) is 29.8 Å². The fourth-order valence-electron chi connectivity index (χ4n) is 4.22. The summed E-state index contributed by atoms with van der Waals surface area (Å²) in [6, 6.07) is 18.0. The van der Waals surface area contributed by atoms with Crippen molar-refractivity contribution >= 4 is 46.3 Å². The minimum atomic E-state index is -0.896. The first-order valence-corrected chi connectivity index (χ1v) is 11.2. The highest BCUT2D eigenvalue weighted by Crippen LogP contribution is 2.44. The Morgan fingerprint density at radius 1 is 1.06 bits per heavy atom. The second-order valence-electron chi connectivity index (χ2n) is 8.14. The molecule has 2 amide bonds. The Balaban J connectivity index is 1.92. The Morgan fingerprint density at radius 3 is 2.31 bits per heavy atom. The number of hydrogen-bond acceptors (Lipinski definition) is 5. The highest BCUT2D eigenvalue weighted by molar-refractivity contribution is 6.51. The molecule has 1 atom stereocenters. The Hall–Kier alpha value is -4.10. The number of anilines is 2. The lowest BCUT2D eigenvalue weighted by Crippen LogP contribution is -2.29. The minimum absolute atomic E-state index is 0.0768. The van der Waals surface area contributed by atoms with Gasteiger partial charge in [-0.2, -0.15) is 0 Å². The van der Waals surface area contributed by atoms with E-state index in [4.69, 9.17) is 16.3 Å². The largest absolute Gasteiger partial charge is 0.507 e. The molecule has 0 bridgehead atoms. The van der Waals surface area contributed by atoms with Crippen LogP contribution < -0.4 is 15.0 Å². The molecule has 0 saturated carbocycles. The van der Waals surface area contributed by atoms with E-state index in [1.807, 2.05) is 6.07 Å². The van der Waals surface area contributed by atoms with E-state index < -0.39 is 17.7 Å². The van der Waals surface area contributed by atoms with Gasteiger partial charge in [0.25, 0.3) is 11.7 Å². The fourth-order valence-corrected chi connectivity index (χ4v) is 4.57. The number of ether oxygens (including phenoxy) is 1. The molecule has 0 radical (unpaired) electrons. The predicted molar refractivity (Wildman–Crippen MR) is 135 cm³/mol. The van der Waals surface area contributed by atoms with E-state index in [-0.39, 0.29) is 33.6 Å². The zero-order valence-electron chi connectivity index (χ0n) is 19.3. The average molecular weight is 491 g/mol. The van der Waals surface area contributed by atoms with E-state index in [1.165, 1.54) is 18.9 Å². The molecule has 3 aromatic rings. The number of methoxy groups -OCH3 is 1. The van der Waals surface area contributed by atoms with Crippen molar-refractivity contribution in [3.8, 4) is 5.75 Å².